The Hall–Kier alpha value is 0.503. The molecule has 0 aromatic heterocycles. The van der Waals surface area contributed by atoms with Crippen molar-refractivity contribution in [3.8, 4) is 0 Å². The second kappa shape index (κ2) is 6.07. The van der Waals surface area contributed by atoms with E-state index in [9.17, 15) is 0 Å². The number of hydrogen-bond donors (Lipinski definition) is 1. The van der Waals surface area contributed by atoms with E-state index in [-0.39, 0.29) is 0 Å². The van der Waals surface area contributed by atoms with E-state index >= 15 is 0 Å². The Kier molecular flexibility index (Phi) is 6.34. The predicted molar refractivity (Wildman–Crippen MR) is 53.7 cm³/mol. The van der Waals surface area contributed by atoms with Crippen molar-refractivity contribution in [2.75, 3.05) is 6.61 Å². The first-order valence-corrected chi connectivity index (χ1v) is 10.8. The third-order valence-electron chi connectivity index (χ3n) is 3.12. The summed E-state index contributed by atoms with van der Waals surface area (Å²) in [5.41, 5.74) is 0. The van der Waals surface area contributed by atoms with Crippen molar-refractivity contribution in [3.05, 3.63) is 0 Å². The van der Waals surface area contributed by atoms with Gasteiger partial charge in [-0.05, 0) is 0 Å². The molecule has 1 N–H and O–H groups in total. The van der Waals surface area contributed by atoms with Crippen LogP contribution < -0.4 is 0 Å². The van der Waals surface area contributed by atoms with Gasteiger partial charge in [0.1, 0.15) is 0 Å². The van der Waals surface area contributed by atoms with Gasteiger partial charge in [0.2, 0.25) is 0 Å². The molecule has 2 heteroatoms. The maximum atomic E-state index is 8.75. The first kappa shape index (κ1) is 11.5. The van der Waals surface area contributed by atoms with Crippen molar-refractivity contribution in [1.29, 1.82) is 0 Å². The van der Waals surface area contributed by atoms with Crippen LogP contribution >= 0.6 is 0 Å². The molecule has 0 unspecified atom stereocenters. The molecule has 0 amide bonds. The summed E-state index contributed by atoms with van der Waals surface area (Å²) in [4.78, 5) is 0. The standard InChI is InChI=1S/C9H22GeO/c1-4-10(5-2,6-3)8-7-9-11/h11H,4-9H2,1-3H3. The van der Waals surface area contributed by atoms with Crippen molar-refractivity contribution in [3.63, 3.8) is 0 Å². The van der Waals surface area contributed by atoms with E-state index in [4.69, 9.17) is 5.11 Å². The van der Waals surface area contributed by atoms with Crippen LogP contribution in [0.1, 0.15) is 27.2 Å². The van der Waals surface area contributed by atoms with Gasteiger partial charge in [-0.1, -0.05) is 0 Å². The normalized spacial score (nSPS) is 12.0. The van der Waals surface area contributed by atoms with Crippen molar-refractivity contribution in [2.24, 2.45) is 0 Å². The Morgan fingerprint density at radius 1 is 1.00 bits per heavy atom. The molecule has 0 bridgehead atoms. The van der Waals surface area contributed by atoms with Gasteiger partial charge in [-0.3, -0.25) is 0 Å². The summed E-state index contributed by atoms with van der Waals surface area (Å²) in [5.74, 6) is 0. The van der Waals surface area contributed by atoms with Crippen LogP contribution in [0, 0.1) is 0 Å². The summed E-state index contributed by atoms with van der Waals surface area (Å²) >= 11 is -1.39. The van der Waals surface area contributed by atoms with Gasteiger partial charge in [-0.15, -0.1) is 0 Å². The van der Waals surface area contributed by atoms with E-state index in [1.807, 2.05) is 0 Å². The first-order chi connectivity index (χ1) is 5.24. The zero-order valence-corrected chi connectivity index (χ0v) is 10.3. The third-order valence-corrected chi connectivity index (χ3v) is 15.5. The molecule has 0 radical (unpaired) electrons. The van der Waals surface area contributed by atoms with Gasteiger partial charge in [-0.2, -0.15) is 0 Å². The Labute approximate surface area is 73.6 Å². The Bertz CT molecular complexity index is 81.3. The number of aliphatic hydroxyl groups is 1. The average molecular weight is 219 g/mol. The molecule has 0 rings (SSSR count). The fraction of sp³-hybridized carbons (Fsp3) is 1.00. The molecule has 0 aliphatic carbocycles. The van der Waals surface area contributed by atoms with Crippen LogP contribution in [-0.2, 0) is 0 Å². The van der Waals surface area contributed by atoms with Gasteiger partial charge in [-0.25, -0.2) is 0 Å². The second-order valence-electron chi connectivity index (χ2n) is 3.39. The summed E-state index contributed by atoms with van der Waals surface area (Å²) in [6.07, 6.45) is 1.05. The Balaban J connectivity index is 3.84. The summed E-state index contributed by atoms with van der Waals surface area (Å²) in [5, 5.41) is 14.4. The molecular formula is C9H22GeO. The Morgan fingerprint density at radius 3 is 1.73 bits per heavy atom. The van der Waals surface area contributed by atoms with Crippen molar-refractivity contribution in [2.45, 2.75) is 48.2 Å². The number of rotatable bonds is 6. The van der Waals surface area contributed by atoms with Crippen LogP contribution in [0.5, 0.6) is 0 Å². The van der Waals surface area contributed by atoms with Crippen LogP contribution in [-0.4, -0.2) is 25.0 Å². The van der Waals surface area contributed by atoms with Gasteiger partial charge in [0.15, 0.2) is 0 Å². The molecule has 0 aromatic carbocycles. The van der Waals surface area contributed by atoms with E-state index in [1.54, 1.807) is 0 Å². The summed E-state index contributed by atoms with van der Waals surface area (Å²) in [6, 6.07) is 0. The van der Waals surface area contributed by atoms with E-state index in [2.05, 4.69) is 20.8 Å². The average Bonchev–Trinajstić information content (AvgIpc) is 2.08. The predicted octanol–water partition coefficient (Wildman–Crippen LogP) is 2.88. The van der Waals surface area contributed by atoms with E-state index in [1.165, 1.54) is 21.0 Å². The molecule has 0 spiro atoms. The molecule has 1 nitrogen and oxygen atoms in total. The zero-order chi connectivity index (χ0) is 8.74. The van der Waals surface area contributed by atoms with Crippen LogP contribution in [0.3, 0.4) is 0 Å². The van der Waals surface area contributed by atoms with Crippen molar-refractivity contribution < 1.29 is 5.11 Å². The topological polar surface area (TPSA) is 20.2 Å². The number of aliphatic hydroxyl groups excluding tert-OH is 1. The molecule has 0 atom stereocenters. The molecule has 0 aliphatic rings. The van der Waals surface area contributed by atoms with Gasteiger partial charge in [0, 0.05) is 0 Å². The third kappa shape index (κ3) is 3.61. The molecular weight excluding hydrogens is 197 g/mol. The molecule has 11 heavy (non-hydrogen) atoms. The van der Waals surface area contributed by atoms with Gasteiger partial charge in [0.25, 0.3) is 0 Å². The van der Waals surface area contributed by atoms with Crippen LogP contribution in [0.15, 0.2) is 0 Å². The first-order valence-electron chi connectivity index (χ1n) is 4.85. The minimum absolute atomic E-state index is 0.396. The molecule has 0 aromatic rings. The van der Waals surface area contributed by atoms with Crippen LogP contribution in [0.2, 0.25) is 21.0 Å². The summed E-state index contributed by atoms with van der Waals surface area (Å²) in [6.45, 7) is 7.41. The van der Waals surface area contributed by atoms with Gasteiger partial charge >= 0.3 is 73.2 Å². The quantitative estimate of drug-likeness (QED) is 0.680. The zero-order valence-electron chi connectivity index (χ0n) is 8.19. The SMILES string of the molecule is C[CH2][Ge]([CH2]C)([CH2]C)[CH2]CCO. The van der Waals surface area contributed by atoms with E-state index < -0.39 is 13.3 Å². The second-order valence-corrected chi connectivity index (χ2v) is 15.2. The fourth-order valence-corrected chi connectivity index (χ4v) is 9.01. The van der Waals surface area contributed by atoms with Crippen LogP contribution in [0.25, 0.3) is 0 Å². The molecule has 0 saturated carbocycles. The van der Waals surface area contributed by atoms with E-state index in [0.717, 1.165) is 6.42 Å². The molecule has 0 aliphatic heterocycles. The van der Waals surface area contributed by atoms with Crippen LogP contribution in [0.4, 0.5) is 0 Å². The van der Waals surface area contributed by atoms with Gasteiger partial charge in [0.05, 0.1) is 0 Å². The van der Waals surface area contributed by atoms with Crippen molar-refractivity contribution in [1.82, 2.24) is 0 Å². The van der Waals surface area contributed by atoms with E-state index in [0.29, 0.717) is 6.61 Å². The molecule has 0 saturated heterocycles. The minimum atomic E-state index is -1.39. The summed E-state index contributed by atoms with van der Waals surface area (Å²) < 4.78 is 0. The van der Waals surface area contributed by atoms with Gasteiger partial charge < -0.3 is 0 Å². The molecule has 0 heterocycles. The Morgan fingerprint density at radius 2 is 1.45 bits per heavy atom. The summed E-state index contributed by atoms with van der Waals surface area (Å²) in [7, 11) is 0. The number of hydrogen-bond acceptors (Lipinski definition) is 1. The molecule has 68 valence electrons. The van der Waals surface area contributed by atoms with Crippen molar-refractivity contribution >= 4 is 13.3 Å². The molecule has 0 fully saturated rings. The fourth-order valence-electron chi connectivity index (χ4n) is 1.73. The monoisotopic (exact) mass is 220 g/mol. The maximum absolute atomic E-state index is 8.75.